The lowest BCUT2D eigenvalue weighted by molar-refractivity contribution is -0.139. The minimum absolute atomic E-state index is 0.0527. The first-order valence-electron chi connectivity index (χ1n) is 5.89. The van der Waals surface area contributed by atoms with Gasteiger partial charge in [0.15, 0.2) is 5.13 Å². The van der Waals surface area contributed by atoms with Crippen LogP contribution in [0.25, 0.3) is 0 Å². The molecule has 19 heavy (non-hydrogen) atoms. The summed E-state index contributed by atoms with van der Waals surface area (Å²) < 4.78 is 9.61. The molecule has 1 heterocycles. The molecular formula is C12H18N2O4S. The lowest BCUT2D eigenvalue weighted by atomic mass is 10.2. The maximum Gasteiger partial charge on any atom is 0.311 e. The van der Waals surface area contributed by atoms with Gasteiger partial charge in [-0.15, -0.1) is 11.3 Å². The van der Waals surface area contributed by atoms with Gasteiger partial charge in [0, 0.05) is 18.9 Å². The highest BCUT2D eigenvalue weighted by Crippen LogP contribution is 2.16. The quantitative estimate of drug-likeness (QED) is 0.771. The number of hydrogen-bond donors (Lipinski definition) is 1. The summed E-state index contributed by atoms with van der Waals surface area (Å²) in [5.74, 6) is -0.458. The van der Waals surface area contributed by atoms with Crippen LogP contribution in [0.5, 0.6) is 0 Å². The molecule has 0 aliphatic heterocycles. The summed E-state index contributed by atoms with van der Waals surface area (Å²) in [5, 5.41) is 4.91. The molecule has 0 aromatic carbocycles. The van der Waals surface area contributed by atoms with E-state index in [2.05, 4.69) is 15.0 Å². The maximum absolute atomic E-state index is 11.6. The van der Waals surface area contributed by atoms with E-state index in [0.29, 0.717) is 23.7 Å². The fraction of sp³-hybridized carbons (Fsp3) is 0.583. The zero-order valence-electron chi connectivity index (χ0n) is 11.3. The van der Waals surface area contributed by atoms with E-state index in [4.69, 9.17) is 4.74 Å². The molecular weight excluding hydrogens is 268 g/mol. The Morgan fingerprint density at radius 1 is 1.47 bits per heavy atom. The normalized spacial score (nSPS) is 11.9. The molecule has 1 aromatic rings. The summed E-state index contributed by atoms with van der Waals surface area (Å²) in [6.45, 7) is 1.91. The van der Waals surface area contributed by atoms with Crippen molar-refractivity contribution in [1.82, 2.24) is 4.98 Å². The van der Waals surface area contributed by atoms with E-state index in [0.717, 1.165) is 0 Å². The van der Waals surface area contributed by atoms with E-state index in [1.165, 1.54) is 18.4 Å². The Balaban J connectivity index is 2.40. The van der Waals surface area contributed by atoms with Crippen LogP contribution < -0.4 is 5.32 Å². The molecule has 106 valence electrons. The second-order valence-corrected chi connectivity index (χ2v) is 4.89. The molecule has 0 saturated heterocycles. The molecule has 0 fully saturated rings. The van der Waals surface area contributed by atoms with Crippen LogP contribution in [0.15, 0.2) is 5.38 Å². The largest absolute Gasteiger partial charge is 0.469 e. The van der Waals surface area contributed by atoms with Crippen molar-refractivity contribution in [3.8, 4) is 0 Å². The first kappa shape index (κ1) is 15.6. The topological polar surface area (TPSA) is 77.5 Å². The van der Waals surface area contributed by atoms with Gasteiger partial charge in [-0.2, -0.15) is 0 Å². The highest BCUT2D eigenvalue weighted by molar-refractivity contribution is 7.13. The van der Waals surface area contributed by atoms with E-state index in [-0.39, 0.29) is 24.4 Å². The molecule has 7 heteroatoms. The Hall–Kier alpha value is -1.47. The van der Waals surface area contributed by atoms with Gasteiger partial charge >= 0.3 is 5.97 Å². The van der Waals surface area contributed by atoms with Crippen molar-refractivity contribution >= 4 is 28.3 Å². The van der Waals surface area contributed by atoms with Gasteiger partial charge in [-0.3, -0.25) is 9.59 Å². The minimum Gasteiger partial charge on any atom is -0.469 e. The van der Waals surface area contributed by atoms with Gasteiger partial charge in [0.2, 0.25) is 5.91 Å². The van der Waals surface area contributed by atoms with Gasteiger partial charge in [-0.05, 0) is 13.3 Å². The predicted molar refractivity (Wildman–Crippen MR) is 72.2 cm³/mol. The third-order valence-electron chi connectivity index (χ3n) is 2.53. The van der Waals surface area contributed by atoms with Crippen LogP contribution in [0.4, 0.5) is 5.13 Å². The van der Waals surface area contributed by atoms with Crippen molar-refractivity contribution < 1.29 is 19.1 Å². The number of amides is 1. The number of rotatable bonds is 7. The van der Waals surface area contributed by atoms with Gasteiger partial charge in [-0.1, -0.05) is 0 Å². The molecule has 0 spiro atoms. The predicted octanol–water partition coefficient (Wildman–Crippen LogP) is 1.61. The summed E-state index contributed by atoms with van der Waals surface area (Å²) in [6.07, 6.45) is 1.20. The van der Waals surface area contributed by atoms with E-state index >= 15 is 0 Å². The highest BCUT2D eigenvalue weighted by atomic mass is 32.1. The second kappa shape index (κ2) is 7.85. The highest BCUT2D eigenvalue weighted by Gasteiger charge is 2.10. The molecule has 0 aliphatic carbocycles. The molecule has 1 atom stereocenters. The van der Waals surface area contributed by atoms with Crippen molar-refractivity contribution in [2.75, 3.05) is 19.5 Å². The van der Waals surface area contributed by atoms with Crippen molar-refractivity contribution in [2.45, 2.75) is 32.3 Å². The summed E-state index contributed by atoms with van der Waals surface area (Å²) in [5.41, 5.74) is 0.595. The van der Waals surface area contributed by atoms with Gasteiger partial charge in [-0.25, -0.2) is 4.98 Å². The third-order valence-corrected chi connectivity index (χ3v) is 3.34. The van der Waals surface area contributed by atoms with Gasteiger partial charge < -0.3 is 14.8 Å². The molecule has 0 saturated carbocycles. The Labute approximate surface area is 116 Å². The van der Waals surface area contributed by atoms with E-state index in [1.807, 2.05) is 6.92 Å². The van der Waals surface area contributed by atoms with E-state index in [1.54, 1.807) is 12.5 Å². The summed E-state index contributed by atoms with van der Waals surface area (Å²) in [4.78, 5) is 26.8. The number of ether oxygens (including phenoxy) is 2. The Morgan fingerprint density at radius 2 is 2.21 bits per heavy atom. The van der Waals surface area contributed by atoms with Gasteiger partial charge in [0.1, 0.15) is 0 Å². The van der Waals surface area contributed by atoms with Crippen molar-refractivity contribution in [3.05, 3.63) is 11.1 Å². The molecule has 0 bridgehead atoms. The van der Waals surface area contributed by atoms with Crippen molar-refractivity contribution in [2.24, 2.45) is 0 Å². The second-order valence-electron chi connectivity index (χ2n) is 4.03. The summed E-state index contributed by atoms with van der Waals surface area (Å²) in [6, 6.07) is 0. The zero-order valence-corrected chi connectivity index (χ0v) is 12.1. The molecule has 0 aliphatic rings. The summed E-state index contributed by atoms with van der Waals surface area (Å²) >= 11 is 1.29. The van der Waals surface area contributed by atoms with Gasteiger partial charge in [0.25, 0.3) is 0 Å². The Kier molecular flexibility index (Phi) is 6.44. The van der Waals surface area contributed by atoms with Crippen molar-refractivity contribution in [1.29, 1.82) is 0 Å². The number of carbonyl (C=O) groups excluding carboxylic acids is 2. The molecule has 1 unspecified atom stereocenters. The SMILES string of the molecule is COC(=O)Cc1csc(NC(=O)CCC(C)OC)n1. The monoisotopic (exact) mass is 286 g/mol. The van der Waals surface area contributed by atoms with Crippen LogP contribution in [0.3, 0.4) is 0 Å². The number of nitrogens with zero attached hydrogens (tertiary/aromatic N) is 1. The van der Waals surface area contributed by atoms with Crippen LogP contribution in [0.1, 0.15) is 25.5 Å². The van der Waals surface area contributed by atoms with Crippen LogP contribution in [0, 0.1) is 0 Å². The number of hydrogen-bond acceptors (Lipinski definition) is 6. The smallest absolute Gasteiger partial charge is 0.311 e. The lowest BCUT2D eigenvalue weighted by Crippen LogP contribution is -2.15. The molecule has 1 amide bonds. The van der Waals surface area contributed by atoms with E-state index < -0.39 is 0 Å². The van der Waals surface area contributed by atoms with Crippen LogP contribution in [-0.4, -0.2) is 37.2 Å². The first-order valence-corrected chi connectivity index (χ1v) is 6.77. The number of anilines is 1. The molecule has 1 aromatic heterocycles. The zero-order chi connectivity index (χ0) is 14.3. The molecule has 1 N–H and O–H groups in total. The van der Waals surface area contributed by atoms with Crippen molar-refractivity contribution in [3.63, 3.8) is 0 Å². The number of carbonyl (C=O) groups is 2. The molecule has 1 rings (SSSR count). The van der Waals surface area contributed by atoms with Gasteiger partial charge in [0.05, 0.1) is 25.3 Å². The van der Waals surface area contributed by atoms with Crippen LogP contribution >= 0.6 is 11.3 Å². The third kappa shape index (κ3) is 5.80. The number of esters is 1. The van der Waals surface area contributed by atoms with Crippen LogP contribution in [-0.2, 0) is 25.5 Å². The average molecular weight is 286 g/mol. The fourth-order valence-electron chi connectivity index (χ4n) is 1.30. The number of methoxy groups -OCH3 is 2. The maximum atomic E-state index is 11.6. The number of thiazole rings is 1. The van der Waals surface area contributed by atoms with Crippen LogP contribution in [0.2, 0.25) is 0 Å². The lowest BCUT2D eigenvalue weighted by Gasteiger charge is -2.07. The molecule has 6 nitrogen and oxygen atoms in total. The Morgan fingerprint density at radius 3 is 2.84 bits per heavy atom. The first-order chi connectivity index (χ1) is 9.05. The Bertz CT molecular complexity index is 433. The average Bonchev–Trinajstić information content (AvgIpc) is 2.82. The number of nitrogens with one attached hydrogen (secondary N) is 1. The molecule has 0 radical (unpaired) electrons. The summed E-state index contributed by atoms with van der Waals surface area (Å²) in [7, 11) is 2.94. The standard InChI is InChI=1S/C12H18N2O4S/c1-8(17-2)4-5-10(15)14-12-13-9(7-19-12)6-11(16)18-3/h7-8H,4-6H2,1-3H3,(H,13,14,15). The number of aromatic nitrogens is 1. The minimum atomic E-state index is -0.350. The fourth-order valence-corrected chi connectivity index (χ4v) is 2.03. The van der Waals surface area contributed by atoms with E-state index in [9.17, 15) is 9.59 Å².